The molecule has 0 radical (unpaired) electrons. The van der Waals surface area contributed by atoms with Crippen molar-refractivity contribution >= 4 is 17.0 Å². The molecule has 3 heterocycles. The van der Waals surface area contributed by atoms with E-state index in [-0.39, 0.29) is 24.1 Å². The van der Waals surface area contributed by atoms with E-state index in [4.69, 9.17) is 9.47 Å². The standard InChI is InChI=1S/C18H22FN3O2S/c1-12-18(25-11-20-12)8-22-6-16-17(7-22)24-10-15(9-23-16)21-14-4-2-3-13(19)5-14/h2-5,11,15-17,21H,6-10H2,1H3/t16-,17-/m0/s1. The van der Waals surface area contributed by atoms with Crippen molar-refractivity contribution in [2.45, 2.75) is 31.7 Å². The number of rotatable bonds is 4. The van der Waals surface area contributed by atoms with E-state index in [0.29, 0.717) is 13.2 Å². The Morgan fingerprint density at radius 3 is 2.68 bits per heavy atom. The van der Waals surface area contributed by atoms with E-state index in [0.717, 1.165) is 31.0 Å². The van der Waals surface area contributed by atoms with E-state index >= 15 is 0 Å². The van der Waals surface area contributed by atoms with Gasteiger partial charge in [0.1, 0.15) is 5.82 Å². The van der Waals surface area contributed by atoms with Crippen LogP contribution in [0.2, 0.25) is 0 Å². The maximum Gasteiger partial charge on any atom is 0.125 e. The Bertz CT molecular complexity index is 710. The third-order valence-corrected chi connectivity index (χ3v) is 5.64. The molecule has 2 fully saturated rings. The van der Waals surface area contributed by atoms with Crippen LogP contribution in [-0.4, -0.2) is 54.4 Å². The van der Waals surface area contributed by atoms with Crippen molar-refractivity contribution in [3.8, 4) is 0 Å². The third kappa shape index (κ3) is 4.00. The van der Waals surface area contributed by atoms with Crippen molar-refractivity contribution in [3.05, 3.63) is 46.2 Å². The summed E-state index contributed by atoms with van der Waals surface area (Å²) in [6, 6.07) is 6.52. The minimum absolute atomic E-state index is 0.0320. The van der Waals surface area contributed by atoms with Gasteiger partial charge in [-0.1, -0.05) is 6.07 Å². The number of nitrogens with zero attached hydrogens (tertiary/aromatic N) is 2. The minimum atomic E-state index is -0.244. The van der Waals surface area contributed by atoms with Gasteiger partial charge in [0, 0.05) is 30.2 Å². The number of aryl methyl sites for hydroxylation is 1. The maximum absolute atomic E-state index is 13.3. The molecule has 134 valence electrons. The fourth-order valence-corrected chi connectivity index (χ4v) is 4.19. The normalized spacial score (nSPS) is 24.9. The molecule has 4 rings (SSSR count). The van der Waals surface area contributed by atoms with Crippen molar-refractivity contribution in [1.29, 1.82) is 0 Å². The summed E-state index contributed by atoms with van der Waals surface area (Å²) in [6.07, 6.45) is 0.181. The van der Waals surface area contributed by atoms with Gasteiger partial charge in [0.05, 0.1) is 42.7 Å². The zero-order valence-electron chi connectivity index (χ0n) is 14.2. The summed E-state index contributed by atoms with van der Waals surface area (Å²) < 4.78 is 25.5. The van der Waals surface area contributed by atoms with Crippen LogP contribution in [0.3, 0.4) is 0 Å². The van der Waals surface area contributed by atoms with Gasteiger partial charge < -0.3 is 14.8 Å². The summed E-state index contributed by atoms with van der Waals surface area (Å²) in [5.41, 5.74) is 3.76. The van der Waals surface area contributed by atoms with E-state index in [2.05, 4.69) is 22.1 Å². The Morgan fingerprint density at radius 1 is 1.28 bits per heavy atom. The topological polar surface area (TPSA) is 46.6 Å². The highest BCUT2D eigenvalue weighted by atomic mass is 32.1. The molecule has 5 nitrogen and oxygen atoms in total. The lowest BCUT2D eigenvalue weighted by Crippen LogP contribution is -2.31. The molecule has 0 spiro atoms. The largest absolute Gasteiger partial charge is 0.378 e. The first-order valence-corrected chi connectivity index (χ1v) is 9.42. The number of benzene rings is 1. The molecular weight excluding hydrogens is 341 g/mol. The summed E-state index contributed by atoms with van der Waals surface area (Å²) >= 11 is 1.70. The molecule has 2 aromatic rings. The average molecular weight is 363 g/mol. The van der Waals surface area contributed by atoms with Gasteiger partial charge in [0.15, 0.2) is 0 Å². The second-order valence-electron chi connectivity index (χ2n) is 6.65. The molecule has 0 amide bonds. The van der Waals surface area contributed by atoms with Gasteiger partial charge in [-0.25, -0.2) is 9.37 Å². The van der Waals surface area contributed by atoms with Gasteiger partial charge in [-0.15, -0.1) is 11.3 Å². The lowest BCUT2D eigenvalue weighted by atomic mass is 10.2. The molecule has 1 N–H and O–H groups in total. The minimum Gasteiger partial charge on any atom is -0.378 e. The zero-order valence-corrected chi connectivity index (χ0v) is 15.0. The predicted molar refractivity (Wildman–Crippen MR) is 95.4 cm³/mol. The van der Waals surface area contributed by atoms with E-state index in [9.17, 15) is 4.39 Å². The molecule has 25 heavy (non-hydrogen) atoms. The Balaban J connectivity index is 1.32. The number of ether oxygens (including phenoxy) is 2. The van der Waals surface area contributed by atoms with Crippen molar-refractivity contribution in [1.82, 2.24) is 9.88 Å². The van der Waals surface area contributed by atoms with Gasteiger partial charge in [-0.05, 0) is 25.1 Å². The molecule has 2 atom stereocenters. The first kappa shape index (κ1) is 16.9. The van der Waals surface area contributed by atoms with Gasteiger partial charge in [-0.2, -0.15) is 0 Å². The SMILES string of the molecule is Cc1ncsc1CN1C[C@@H]2OCC(Nc3cccc(F)c3)CO[C@H]2C1. The Labute approximate surface area is 150 Å². The zero-order chi connectivity index (χ0) is 17.2. The second-order valence-corrected chi connectivity index (χ2v) is 7.59. The molecule has 0 saturated carbocycles. The van der Waals surface area contributed by atoms with E-state index in [1.54, 1.807) is 17.4 Å². The van der Waals surface area contributed by atoms with Crippen LogP contribution in [0.5, 0.6) is 0 Å². The van der Waals surface area contributed by atoms with Gasteiger partial charge >= 0.3 is 0 Å². The van der Waals surface area contributed by atoms with Crippen LogP contribution >= 0.6 is 11.3 Å². The molecule has 0 bridgehead atoms. The highest BCUT2D eigenvalue weighted by Gasteiger charge is 2.37. The summed E-state index contributed by atoms with van der Waals surface area (Å²) in [6.45, 7) is 5.82. The number of nitrogens with one attached hydrogen (secondary N) is 1. The second kappa shape index (κ2) is 7.37. The maximum atomic E-state index is 13.3. The lowest BCUT2D eigenvalue weighted by Gasteiger charge is -2.19. The highest BCUT2D eigenvalue weighted by molar-refractivity contribution is 7.09. The van der Waals surface area contributed by atoms with Crippen LogP contribution in [0, 0.1) is 12.7 Å². The molecule has 1 aromatic carbocycles. The summed E-state index contributed by atoms with van der Waals surface area (Å²) in [4.78, 5) is 7.99. The lowest BCUT2D eigenvalue weighted by molar-refractivity contribution is -0.00461. The molecule has 7 heteroatoms. The number of hydrogen-bond acceptors (Lipinski definition) is 6. The Hall–Kier alpha value is -1.54. The number of thiazole rings is 1. The number of hydrogen-bond donors (Lipinski definition) is 1. The predicted octanol–water partition coefficient (Wildman–Crippen LogP) is 2.67. The average Bonchev–Trinajstić information content (AvgIpc) is 3.12. The van der Waals surface area contributed by atoms with Crippen molar-refractivity contribution in [2.24, 2.45) is 0 Å². The quantitative estimate of drug-likeness (QED) is 0.905. The van der Waals surface area contributed by atoms with Crippen molar-refractivity contribution < 1.29 is 13.9 Å². The number of likely N-dealkylation sites (tertiary alicyclic amines) is 1. The number of aromatic nitrogens is 1. The molecule has 0 aliphatic carbocycles. The van der Waals surface area contributed by atoms with Gasteiger partial charge in [-0.3, -0.25) is 4.90 Å². The summed E-state index contributed by atoms with van der Waals surface area (Å²) in [7, 11) is 0. The fraction of sp³-hybridized carbons (Fsp3) is 0.500. The van der Waals surface area contributed by atoms with Crippen LogP contribution in [-0.2, 0) is 16.0 Å². The highest BCUT2D eigenvalue weighted by Crippen LogP contribution is 2.24. The number of anilines is 1. The third-order valence-electron chi connectivity index (χ3n) is 4.72. The van der Waals surface area contributed by atoms with Crippen LogP contribution in [0.25, 0.3) is 0 Å². The fourth-order valence-electron chi connectivity index (χ4n) is 3.37. The van der Waals surface area contributed by atoms with E-state index < -0.39 is 0 Å². The molecule has 2 saturated heterocycles. The smallest absolute Gasteiger partial charge is 0.125 e. The van der Waals surface area contributed by atoms with E-state index in [1.165, 1.54) is 17.0 Å². The van der Waals surface area contributed by atoms with Crippen LogP contribution < -0.4 is 5.32 Å². The molecule has 0 unspecified atom stereocenters. The molecule has 1 aromatic heterocycles. The van der Waals surface area contributed by atoms with E-state index in [1.807, 2.05) is 11.6 Å². The monoisotopic (exact) mass is 363 g/mol. The van der Waals surface area contributed by atoms with Crippen LogP contribution in [0.15, 0.2) is 29.8 Å². The summed E-state index contributed by atoms with van der Waals surface area (Å²) in [5.74, 6) is -0.244. The van der Waals surface area contributed by atoms with Crippen molar-refractivity contribution in [3.63, 3.8) is 0 Å². The Morgan fingerprint density at radius 2 is 2.04 bits per heavy atom. The number of fused-ring (bicyclic) bond motifs is 1. The van der Waals surface area contributed by atoms with Crippen LogP contribution in [0.1, 0.15) is 10.6 Å². The summed E-state index contributed by atoms with van der Waals surface area (Å²) in [5, 5.41) is 3.30. The first-order valence-electron chi connectivity index (χ1n) is 8.54. The molecular formula is C18H22FN3O2S. The van der Waals surface area contributed by atoms with Gasteiger partial charge in [0.25, 0.3) is 0 Å². The Kier molecular flexibility index (Phi) is 4.98. The van der Waals surface area contributed by atoms with Crippen molar-refractivity contribution in [2.75, 3.05) is 31.6 Å². The number of halogens is 1. The molecule has 2 aliphatic rings. The first-order chi connectivity index (χ1) is 12.2. The molecule has 2 aliphatic heterocycles. The van der Waals surface area contributed by atoms with Crippen LogP contribution in [0.4, 0.5) is 10.1 Å². The van der Waals surface area contributed by atoms with Gasteiger partial charge in [0.2, 0.25) is 0 Å².